The first kappa shape index (κ1) is 17.7. The number of nitriles is 1. The van der Waals surface area contributed by atoms with Crippen molar-refractivity contribution in [2.45, 2.75) is 6.92 Å². The summed E-state index contributed by atoms with van der Waals surface area (Å²) in [6, 6.07) is 16.1. The summed E-state index contributed by atoms with van der Waals surface area (Å²) in [6.07, 6.45) is 0.158. The zero-order chi connectivity index (χ0) is 17.1. The average molecular weight is 311 g/mol. The van der Waals surface area contributed by atoms with E-state index in [1.807, 2.05) is 37.3 Å². The second-order valence-corrected chi connectivity index (χ2v) is 4.38. The Bertz CT molecular complexity index is 691. The molecule has 0 fully saturated rings. The maximum absolute atomic E-state index is 10.8. The predicted octanol–water partition coefficient (Wildman–Crippen LogP) is 3.30. The normalized spacial score (nSPS) is 8.74. The van der Waals surface area contributed by atoms with E-state index in [2.05, 4.69) is 15.4 Å². The topological polar surface area (TPSA) is 91.2 Å². The van der Waals surface area contributed by atoms with E-state index < -0.39 is 6.09 Å². The molecule has 0 aliphatic heterocycles. The number of nitrogens with zero attached hydrogens (tertiary/aromatic N) is 1. The minimum atomic E-state index is -0.440. The molecule has 2 rings (SSSR count). The van der Waals surface area contributed by atoms with Crippen LogP contribution in [-0.4, -0.2) is 19.6 Å². The molecule has 2 N–H and O–H groups in total. The highest BCUT2D eigenvalue weighted by atomic mass is 16.5. The molecule has 0 spiro atoms. The van der Waals surface area contributed by atoms with E-state index in [1.54, 1.807) is 24.3 Å². The number of anilines is 2. The summed E-state index contributed by atoms with van der Waals surface area (Å²) in [5.41, 5.74) is 3.08. The van der Waals surface area contributed by atoms with Gasteiger partial charge in [0.15, 0.2) is 0 Å². The van der Waals surface area contributed by atoms with Crippen molar-refractivity contribution in [3.05, 3.63) is 59.7 Å². The van der Waals surface area contributed by atoms with Crippen LogP contribution in [0, 0.1) is 18.3 Å². The van der Waals surface area contributed by atoms with Gasteiger partial charge in [0.2, 0.25) is 6.41 Å². The molecule has 2 aromatic rings. The summed E-state index contributed by atoms with van der Waals surface area (Å²) >= 11 is 0. The Morgan fingerprint density at radius 3 is 2.35 bits per heavy atom. The first-order valence-electron chi connectivity index (χ1n) is 6.71. The minimum absolute atomic E-state index is 0.440. The lowest BCUT2D eigenvalue weighted by Gasteiger charge is -2.05. The second-order valence-electron chi connectivity index (χ2n) is 4.38. The Hall–Kier alpha value is -3.33. The van der Waals surface area contributed by atoms with Gasteiger partial charge in [0.05, 0.1) is 18.7 Å². The van der Waals surface area contributed by atoms with E-state index in [9.17, 15) is 9.59 Å². The van der Waals surface area contributed by atoms with Crippen molar-refractivity contribution in [2.24, 2.45) is 0 Å². The average Bonchev–Trinajstić information content (AvgIpc) is 2.58. The number of ether oxygens (including phenoxy) is 1. The summed E-state index contributed by atoms with van der Waals surface area (Å²) in [5, 5.41) is 13.5. The molecule has 0 radical (unpaired) electrons. The van der Waals surface area contributed by atoms with Crippen molar-refractivity contribution in [1.82, 2.24) is 0 Å². The number of hydrogen-bond donors (Lipinski definition) is 2. The number of benzene rings is 2. The molecule has 2 aromatic carbocycles. The fourth-order valence-corrected chi connectivity index (χ4v) is 1.58. The number of rotatable bonds is 3. The van der Waals surface area contributed by atoms with Crippen LogP contribution in [0.15, 0.2) is 48.5 Å². The SMILES string of the molecule is COC(=O)Nc1ccccc1C.N#Cc1ccc(NC=O)cc1. The molecule has 0 saturated carbocycles. The second kappa shape index (κ2) is 9.58. The van der Waals surface area contributed by atoms with Gasteiger partial charge in [-0.05, 0) is 42.8 Å². The lowest BCUT2D eigenvalue weighted by Crippen LogP contribution is -2.11. The lowest BCUT2D eigenvalue weighted by atomic mass is 10.2. The van der Waals surface area contributed by atoms with Crippen LogP contribution in [0.3, 0.4) is 0 Å². The third-order valence-corrected chi connectivity index (χ3v) is 2.81. The molecule has 6 nitrogen and oxygen atoms in total. The first-order chi connectivity index (χ1) is 11.1. The summed E-state index contributed by atoms with van der Waals surface area (Å²) in [5.74, 6) is 0. The number of carbonyl (C=O) groups excluding carboxylic acids is 2. The van der Waals surface area contributed by atoms with E-state index in [0.717, 1.165) is 11.3 Å². The van der Waals surface area contributed by atoms with Gasteiger partial charge < -0.3 is 10.1 Å². The fourth-order valence-electron chi connectivity index (χ4n) is 1.58. The number of aryl methyl sites for hydroxylation is 1. The third kappa shape index (κ3) is 6.31. The number of amides is 2. The van der Waals surface area contributed by atoms with Crippen LogP contribution in [0.25, 0.3) is 0 Å². The van der Waals surface area contributed by atoms with E-state index >= 15 is 0 Å². The van der Waals surface area contributed by atoms with E-state index in [1.165, 1.54) is 7.11 Å². The largest absolute Gasteiger partial charge is 0.453 e. The van der Waals surface area contributed by atoms with Gasteiger partial charge >= 0.3 is 6.09 Å². The Balaban J connectivity index is 0.000000231. The molecular weight excluding hydrogens is 294 g/mol. The van der Waals surface area contributed by atoms with E-state index in [-0.39, 0.29) is 0 Å². The molecule has 0 saturated heterocycles. The van der Waals surface area contributed by atoms with Crippen LogP contribution in [0.1, 0.15) is 11.1 Å². The molecular formula is C17H17N3O3. The van der Waals surface area contributed by atoms with Gasteiger partial charge in [0.1, 0.15) is 0 Å². The number of methoxy groups -OCH3 is 1. The molecule has 0 atom stereocenters. The van der Waals surface area contributed by atoms with Crippen molar-refractivity contribution in [3.8, 4) is 6.07 Å². The number of nitrogens with one attached hydrogen (secondary N) is 2. The van der Waals surface area contributed by atoms with E-state index in [4.69, 9.17) is 5.26 Å². The van der Waals surface area contributed by atoms with Crippen LogP contribution in [0.4, 0.5) is 16.2 Å². The molecule has 0 bridgehead atoms. The van der Waals surface area contributed by atoms with Crippen LogP contribution >= 0.6 is 0 Å². The quantitative estimate of drug-likeness (QED) is 0.851. The molecule has 6 heteroatoms. The highest BCUT2D eigenvalue weighted by Gasteiger charge is 2.01. The molecule has 0 aliphatic carbocycles. The highest BCUT2D eigenvalue weighted by Crippen LogP contribution is 2.12. The Kier molecular flexibility index (Phi) is 7.38. The van der Waals surface area contributed by atoms with Crippen molar-refractivity contribution in [2.75, 3.05) is 17.7 Å². The van der Waals surface area contributed by atoms with Crippen LogP contribution in [0.2, 0.25) is 0 Å². The van der Waals surface area contributed by atoms with E-state index in [0.29, 0.717) is 17.7 Å². The van der Waals surface area contributed by atoms with Crippen LogP contribution in [-0.2, 0) is 9.53 Å². The molecule has 0 aromatic heterocycles. The van der Waals surface area contributed by atoms with Gasteiger partial charge in [-0.15, -0.1) is 0 Å². The van der Waals surface area contributed by atoms with Gasteiger partial charge in [0, 0.05) is 11.4 Å². The van der Waals surface area contributed by atoms with Gasteiger partial charge in [-0.25, -0.2) is 4.79 Å². The Morgan fingerprint density at radius 2 is 1.83 bits per heavy atom. The van der Waals surface area contributed by atoms with Crippen LogP contribution in [0.5, 0.6) is 0 Å². The Labute approximate surface area is 134 Å². The van der Waals surface area contributed by atoms with Crippen molar-refractivity contribution in [1.29, 1.82) is 5.26 Å². The minimum Gasteiger partial charge on any atom is -0.453 e. The molecule has 118 valence electrons. The smallest absolute Gasteiger partial charge is 0.411 e. The molecule has 2 amide bonds. The predicted molar refractivity (Wildman–Crippen MR) is 88.1 cm³/mol. The first-order valence-corrected chi connectivity index (χ1v) is 6.71. The maximum Gasteiger partial charge on any atom is 0.411 e. The van der Waals surface area contributed by atoms with Gasteiger partial charge in [-0.3, -0.25) is 10.1 Å². The summed E-state index contributed by atoms with van der Waals surface area (Å²) < 4.78 is 4.46. The number of carbonyl (C=O) groups is 2. The number of para-hydroxylation sites is 1. The van der Waals surface area contributed by atoms with Crippen LogP contribution < -0.4 is 10.6 Å². The highest BCUT2D eigenvalue weighted by molar-refractivity contribution is 5.85. The van der Waals surface area contributed by atoms with Crippen molar-refractivity contribution in [3.63, 3.8) is 0 Å². The number of hydrogen-bond acceptors (Lipinski definition) is 4. The van der Waals surface area contributed by atoms with Crippen molar-refractivity contribution >= 4 is 23.9 Å². The monoisotopic (exact) mass is 311 g/mol. The Morgan fingerprint density at radius 1 is 1.17 bits per heavy atom. The maximum atomic E-state index is 10.8. The van der Waals surface area contributed by atoms with Gasteiger partial charge in [0.25, 0.3) is 0 Å². The zero-order valence-electron chi connectivity index (χ0n) is 12.9. The summed E-state index contributed by atoms with van der Waals surface area (Å²) in [4.78, 5) is 20.8. The van der Waals surface area contributed by atoms with Gasteiger partial charge in [-0.2, -0.15) is 5.26 Å². The standard InChI is InChI=1S/C9H11NO2.C8H6N2O/c1-7-5-3-4-6-8(7)10-9(11)12-2;9-5-7-1-3-8(4-2-7)10-6-11/h3-6H,1-2H3,(H,10,11);1-4,6H,(H,10,11). The molecule has 0 heterocycles. The fraction of sp³-hybridized carbons (Fsp3) is 0.118. The van der Waals surface area contributed by atoms with Gasteiger partial charge in [-0.1, -0.05) is 18.2 Å². The summed E-state index contributed by atoms with van der Waals surface area (Å²) in [6.45, 7) is 1.92. The molecule has 0 unspecified atom stereocenters. The lowest BCUT2D eigenvalue weighted by molar-refractivity contribution is -0.105. The van der Waals surface area contributed by atoms with Crippen molar-refractivity contribution < 1.29 is 14.3 Å². The third-order valence-electron chi connectivity index (χ3n) is 2.81. The zero-order valence-corrected chi connectivity index (χ0v) is 12.9. The summed E-state index contributed by atoms with van der Waals surface area (Å²) in [7, 11) is 1.34. The molecule has 23 heavy (non-hydrogen) atoms. The molecule has 0 aliphatic rings.